The van der Waals surface area contributed by atoms with Crippen LogP contribution in [0.25, 0.3) is 0 Å². The highest BCUT2D eigenvalue weighted by atomic mass is 15.1. The van der Waals surface area contributed by atoms with Crippen molar-refractivity contribution in [3.8, 4) is 0 Å². The summed E-state index contributed by atoms with van der Waals surface area (Å²) in [6.07, 6.45) is 2.73. The molecule has 0 atom stereocenters. The van der Waals surface area contributed by atoms with Crippen LogP contribution in [-0.4, -0.2) is 38.1 Å². The quantitative estimate of drug-likeness (QED) is 0.551. The molecule has 1 saturated heterocycles. The molecule has 0 unspecified atom stereocenters. The number of rotatable bonds is 3. The number of nitrogens with zero attached hydrogens (tertiary/aromatic N) is 1. The highest BCUT2D eigenvalue weighted by molar-refractivity contribution is 5.11. The minimum Gasteiger partial charge on any atom is -0.317 e. The third kappa shape index (κ3) is 24.4. The molecule has 0 spiro atoms. The van der Waals surface area contributed by atoms with E-state index in [-0.39, 0.29) is 0 Å². The molecule has 1 N–H and O–H groups in total. The molecule has 0 amide bonds. The number of hydrogen-bond acceptors (Lipinski definition) is 2. The largest absolute Gasteiger partial charge is 0.317 e. The van der Waals surface area contributed by atoms with Gasteiger partial charge in [0.1, 0.15) is 0 Å². The van der Waals surface area contributed by atoms with Crippen molar-refractivity contribution < 1.29 is 0 Å². The monoisotopic (exact) mass is 416 g/mol. The van der Waals surface area contributed by atoms with Crippen LogP contribution in [0.2, 0.25) is 0 Å². The highest BCUT2D eigenvalue weighted by Gasteiger charge is 2.13. The van der Waals surface area contributed by atoms with Crippen LogP contribution in [0.5, 0.6) is 0 Å². The Morgan fingerprint density at radius 2 is 1.10 bits per heavy atom. The minimum absolute atomic E-state index is 0.946. The van der Waals surface area contributed by atoms with Crippen molar-refractivity contribution in [2.45, 2.75) is 68.2 Å². The lowest BCUT2D eigenvalue weighted by Crippen LogP contribution is -2.34. The molecule has 0 aromatic heterocycles. The maximum atomic E-state index is 3.39. The fraction of sp³-hybridized carbons (Fsp3) is 0.571. The first kappa shape index (κ1) is 33.0. The Labute approximate surface area is 190 Å². The third-order valence-corrected chi connectivity index (χ3v) is 4.18. The molecule has 1 heterocycles. The van der Waals surface area contributed by atoms with Crippen LogP contribution >= 0.6 is 0 Å². The van der Waals surface area contributed by atoms with Gasteiger partial charge in [0.2, 0.25) is 0 Å². The summed E-state index contributed by atoms with van der Waals surface area (Å²) in [5.74, 6) is 0.946. The zero-order valence-electron chi connectivity index (χ0n) is 21.6. The second-order valence-corrected chi connectivity index (χ2v) is 6.36. The van der Waals surface area contributed by atoms with Crippen LogP contribution in [0.4, 0.5) is 0 Å². The van der Waals surface area contributed by atoms with Crippen molar-refractivity contribution in [1.82, 2.24) is 10.2 Å². The van der Waals surface area contributed by atoms with Gasteiger partial charge in [0, 0.05) is 6.54 Å². The summed E-state index contributed by atoms with van der Waals surface area (Å²) in [7, 11) is 2.21. The van der Waals surface area contributed by atoms with Gasteiger partial charge in [-0.3, -0.25) is 0 Å². The van der Waals surface area contributed by atoms with E-state index in [9.17, 15) is 0 Å². The average molecular weight is 417 g/mol. The first-order chi connectivity index (χ1) is 14.7. The first-order valence-electron chi connectivity index (χ1n) is 12.1. The summed E-state index contributed by atoms with van der Waals surface area (Å²) in [6.45, 7) is 21.2. The van der Waals surface area contributed by atoms with Crippen LogP contribution in [0.15, 0.2) is 66.7 Å². The number of piperidine rings is 1. The molecule has 1 fully saturated rings. The summed E-state index contributed by atoms with van der Waals surface area (Å²) >= 11 is 0. The lowest BCUT2D eigenvalue weighted by molar-refractivity contribution is 0.248. The van der Waals surface area contributed by atoms with Gasteiger partial charge in [-0.2, -0.15) is 0 Å². The fourth-order valence-corrected chi connectivity index (χ4v) is 2.55. The SMILES string of the molecule is CC.CC.CC.CCN(C)CC1CCNCC1.Cc1ccccc1.c1ccccc1. The summed E-state index contributed by atoms with van der Waals surface area (Å²) in [6, 6.07) is 22.3. The van der Waals surface area contributed by atoms with E-state index in [0.29, 0.717) is 0 Å². The Hall–Kier alpha value is -1.64. The summed E-state index contributed by atoms with van der Waals surface area (Å²) in [5.41, 5.74) is 1.32. The van der Waals surface area contributed by atoms with Gasteiger partial charge in [-0.05, 0) is 52.4 Å². The second kappa shape index (κ2) is 29.6. The normalized spacial score (nSPS) is 11.9. The topological polar surface area (TPSA) is 15.3 Å². The molecule has 3 rings (SSSR count). The third-order valence-electron chi connectivity index (χ3n) is 4.18. The molecule has 1 aliphatic heterocycles. The molecule has 2 nitrogen and oxygen atoms in total. The van der Waals surface area contributed by atoms with Crippen molar-refractivity contribution in [3.05, 3.63) is 72.3 Å². The maximum Gasteiger partial charge on any atom is 0.000744 e. The molecule has 0 aliphatic carbocycles. The van der Waals surface area contributed by atoms with Gasteiger partial charge in [-0.25, -0.2) is 0 Å². The molecule has 0 radical (unpaired) electrons. The Bertz CT molecular complexity index is 452. The van der Waals surface area contributed by atoms with E-state index >= 15 is 0 Å². The van der Waals surface area contributed by atoms with E-state index in [1.165, 1.54) is 44.6 Å². The molecule has 2 heteroatoms. The van der Waals surface area contributed by atoms with Crippen molar-refractivity contribution in [3.63, 3.8) is 0 Å². The van der Waals surface area contributed by atoms with Crippen molar-refractivity contribution in [2.75, 3.05) is 33.2 Å². The van der Waals surface area contributed by atoms with Crippen LogP contribution in [0.1, 0.15) is 66.9 Å². The standard InChI is InChI=1S/C9H20N2.C7H8.C6H6.3C2H6/c1-3-11(2)8-9-4-6-10-7-5-9;1-7-5-3-2-4-6-7;1-2-4-6-5-3-1;3*1-2/h9-10H,3-8H2,1-2H3;2-6H,1H3;1-6H;3*1-2H3. The smallest absolute Gasteiger partial charge is 0.000744 e. The lowest BCUT2D eigenvalue weighted by Gasteiger charge is -2.26. The van der Waals surface area contributed by atoms with E-state index in [1.54, 1.807) is 0 Å². The number of benzene rings is 2. The van der Waals surface area contributed by atoms with Gasteiger partial charge >= 0.3 is 0 Å². The zero-order valence-corrected chi connectivity index (χ0v) is 21.6. The van der Waals surface area contributed by atoms with Crippen LogP contribution in [0.3, 0.4) is 0 Å². The number of hydrogen-bond donors (Lipinski definition) is 1. The maximum absolute atomic E-state index is 3.39. The summed E-state index contributed by atoms with van der Waals surface area (Å²) in [4.78, 5) is 2.41. The van der Waals surface area contributed by atoms with Crippen LogP contribution in [-0.2, 0) is 0 Å². The first-order valence-corrected chi connectivity index (χ1v) is 12.1. The van der Waals surface area contributed by atoms with E-state index in [1.807, 2.05) is 96.1 Å². The van der Waals surface area contributed by atoms with Crippen molar-refractivity contribution in [2.24, 2.45) is 5.92 Å². The lowest BCUT2D eigenvalue weighted by atomic mass is 9.98. The van der Waals surface area contributed by atoms with Gasteiger partial charge in [-0.15, -0.1) is 0 Å². The molecule has 1 aliphatic rings. The molecule has 0 saturated carbocycles. The highest BCUT2D eigenvalue weighted by Crippen LogP contribution is 2.12. The Kier molecular flexibility index (Phi) is 32.5. The number of nitrogens with one attached hydrogen (secondary N) is 1. The minimum atomic E-state index is 0.946. The molecule has 174 valence electrons. The Balaban J connectivity index is -0.000000335. The molecule has 2 aromatic rings. The fourth-order valence-electron chi connectivity index (χ4n) is 2.55. The summed E-state index contributed by atoms with van der Waals surface area (Å²) < 4.78 is 0. The molecular weight excluding hydrogens is 364 g/mol. The van der Waals surface area contributed by atoms with Crippen LogP contribution in [0, 0.1) is 12.8 Å². The Morgan fingerprint density at radius 1 is 0.733 bits per heavy atom. The van der Waals surface area contributed by atoms with Crippen molar-refractivity contribution in [1.29, 1.82) is 0 Å². The van der Waals surface area contributed by atoms with E-state index < -0.39 is 0 Å². The second-order valence-electron chi connectivity index (χ2n) is 6.36. The summed E-state index contributed by atoms with van der Waals surface area (Å²) in [5, 5.41) is 3.39. The molecule has 0 bridgehead atoms. The predicted octanol–water partition coefficient (Wildman–Crippen LogP) is 7.70. The predicted molar refractivity (Wildman–Crippen MR) is 140 cm³/mol. The van der Waals surface area contributed by atoms with Crippen LogP contribution < -0.4 is 5.32 Å². The Morgan fingerprint density at radius 3 is 1.40 bits per heavy atom. The zero-order chi connectivity index (χ0) is 23.5. The van der Waals surface area contributed by atoms with E-state index in [4.69, 9.17) is 0 Å². The van der Waals surface area contributed by atoms with Gasteiger partial charge in [0.15, 0.2) is 0 Å². The van der Waals surface area contributed by atoms with Gasteiger partial charge in [-0.1, -0.05) is 121 Å². The van der Waals surface area contributed by atoms with Gasteiger partial charge in [0.05, 0.1) is 0 Å². The van der Waals surface area contributed by atoms with Gasteiger partial charge < -0.3 is 10.2 Å². The molecule has 2 aromatic carbocycles. The average Bonchev–Trinajstić information content (AvgIpc) is 2.86. The van der Waals surface area contributed by atoms with E-state index in [0.717, 1.165) is 5.92 Å². The van der Waals surface area contributed by atoms with Crippen molar-refractivity contribution >= 4 is 0 Å². The molecular formula is C28H52N2. The van der Waals surface area contributed by atoms with E-state index in [2.05, 4.69) is 43.2 Å². The van der Waals surface area contributed by atoms with Gasteiger partial charge in [0.25, 0.3) is 0 Å². The molecule has 30 heavy (non-hydrogen) atoms. The number of aryl methyl sites for hydroxylation is 1.